The minimum atomic E-state index is -0.257. The third kappa shape index (κ3) is 4.36. The first-order valence-corrected chi connectivity index (χ1v) is 11.9. The maximum Gasteiger partial charge on any atom is 0.261 e. The topological polar surface area (TPSA) is 72.5 Å². The predicted octanol–water partition coefficient (Wildman–Crippen LogP) is 5.43. The highest BCUT2D eigenvalue weighted by molar-refractivity contribution is 6.09. The number of phenols is 1. The van der Waals surface area contributed by atoms with Gasteiger partial charge in [0.15, 0.2) is 0 Å². The van der Waals surface area contributed by atoms with Crippen LogP contribution in [-0.2, 0) is 6.42 Å². The second kappa shape index (κ2) is 9.21. The number of rotatable bonds is 5. The first kappa shape index (κ1) is 22.0. The molecule has 1 saturated heterocycles. The summed E-state index contributed by atoms with van der Waals surface area (Å²) in [7, 11) is 1.74. The van der Waals surface area contributed by atoms with E-state index in [1.807, 2.05) is 18.2 Å². The van der Waals surface area contributed by atoms with E-state index in [1.54, 1.807) is 24.1 Å². The second-order valence-electron chi connectivity index (χ2n) is 9.18. The number of aromatic amines is 1. The molecule has 0 atom stereocenters. The fourth-order valence-corrected chi connectivity index (χ4v) is 4.77. The van der Waals surface area contributed by atoms with Crippen LogP contribution in [-0.4, -0.2) is 41.3 Å². The highest BCUT2D eigenvalue weighted by atomic mass is 16.3. The van der Waals surface area contributed by atoms with Gasteiger partial charge < -0.3 is 14.9 Å². The molecule has 1 aromatic heterocycles. The van der Waals surface area contributed by atoms with Gasteiger partial charge >= 0.3 is 0 Å². The van der Waals surface area contributed by atoms with E-state index in [-0.39, 0.29) is 17.2 Å². The van der Waals surface area contributed by atoms with Crippen LogP contribution < -0.4 is 9.80 Å². The molecular weight excluding hydrogens is 424 g/mol. The molecule has 34 heavy (non-hydrogen) atoms. The summed E-state index contributed by atoms with van der Waals surface area (Å²) in [5.74, 6) is -0.312. The fourth-order valence-electron chi connectivity index (χ4n) is 4.77. The highest BCUT2D eigenvalue weighted by Crippen LogP contribution is 2.30. The van der Waals surface area contributed by atoms with Gasteiger partial charge in [0, 0.05) is 49.4 Å². The lowest BCUT2D eigenvalue weighted by Gasteiger charge is -2.29. The van der Waals surface area contributed by atoms with E-state index in [0.29, 0.717) is 11.9 Å². The third-order valence-corrected chi connectivity index (χ3v) is 6.71. The van der Waals surface area contributed by atoms with Crippen LogP contribution in [0.25, 0.3) is 10.9 Å². The molecule has 0 aliphatic carbocycles. The van der Waals surface area contributed by atoms with Gasteiger partial charge in [0.2, 0.25) is 0 Å². The lowest BCUT2D eigenvalue weighted by Crippen LogP contribution is -2.29. The number of aromatic nitrogens is 2. The van der Waals surface area contributed by atoms with Crippen molar-refractivity contribution >= 4 is 28.2 Å². The van der Waals surface area contributed by atoms with Crippen molar-refractivity contribution in [1.82, 2.24) is 10.2 Å². The Morgan fingerprint density at radius 1 is 1.06 bits per heavy atom. The van der Waals surface area contributed by atoms with Crippen LogP contribution in [0.2, 0.25) is 0 Å². The molecule has 1 aliphatic rings. The van der Waals surface area contributed by atoms with E-state index in [9.17, 15) is 9.90 Å². The molecule has 6 heteroatoms. The third-order valence-electron chi connectivity index (χ3n) is 6.71. The Kier molecular flexibility index (Phi) is 5.97. The Morgan fingerprint density at radius 3 is 2.56 bits per heavy atom. The summed E-state index contributed by atoms with van der Waals surface area (Å²) < 4.78 is 0. The number of phenolic OH excluding ortho intramolecular Hbond substituents is 1. The summed E-state index contributed by atoms with van der Waals surface area (Å²) in [4.78, 5) is 17.3. The summed E-state index contributed by atoms with van der Waals surface area (Å²) in [6.45, 7) is 4.23. The first-order valence-electron chi connectivity index (χ1n) is 11.9. The molecule has 0 spiro atoms. The molecular formula is C28H30N4O2. The molecule has 5 rings (SSSR count). The van der Waals surface area contributed by atoms with Gasteiger partial charge in [-0.1, -0.05) is 29.8 Å². The van der Waals surface area contributed by atoms with Crippen molar-refractivity contribution in [1.29, 1.82) is 0 Å². The number of piperidine rings is 1. The van der Waals surface area contributed by atoms with Crippen molar-refractivity contribution in [3.8, 4) is 5.75 Å². The number of amides is 1. The van der Waals surface area contributed by atoms with Crippen molar-refractivity contribution in [2.75, 3.05) is 29.9 Å². The highest BCUT2D eigenvalue weighted by Gasteiger charge is 2.21. The van der Waals surface area contributed by atoms with Crippen LogP contribution in [0, 0.1) is 6.92 Å². The van der Waals surface area contributed by atoms with Gasteiger partial charge in [-0.15, -0.1) is 0 Å². The minimum absolute atomic E-state index is 0.0555. The number of aromatic hydroxyl groups is 1. The van der Waals surface area contributed by atoms with Crippen LogP contribution in [0.15, 0.2) is 60.7 Å². The molecule has 1 fully saturated rings. The smallest absolute Gasteiger partial charge is 0.261 e. The van der Waals surface area contributed by atoms with Crippen LogP contribution in [0.5, 0.6) is 5.75 Å². The number of carbonyl (C=O) groups excluding carboxylic acids is 1. The molecule has 2 N–H and O–H groups in total. The molecule has 0 saturated carbocycles. The molecule has 3 aromatic carbocycles. The summed E-state index contributed by atoms with van der Waals surface area (Å²) in [5.41, 5.74) is 6.15. The van der Waals surface area contributed by atoms with Gasteiger partial charge in [-0.25, -0.2) is 0 Å². The second-order valence-corrected chi connectivity index (χ2v) is 9.18. The Morgan fingerprint density at radius 2 is 1.82 bits per heavy atom. The molecule has 4 aromatic rings. The number of hydrogen-bond acceptors (Lipinski definition) is 4. The van der Waals surface area contributed by atoms with E-state index in [2.05, 4.69) is 52.4 Å². The van der Waals surface area contributed by atoms with Gasteiger partial charge in [0.05, 0.1) is 16.8 Å². The average molecular weight is 455 g/mol. The Bertz CT molecular complexity index is 1320. The van der Waals surface area contributed by atoms with Crippen molar-refractivity contribution in [3.63, 3.8) is 0 Å². The maximum absolute atomic E-state index is 13.4. The molecule has 0 unspecified atom stereocenters. The number of H-pyrrole nitrogens is 1. The Balaban J connectivity index is 1.40. The number of benzene rings is 3. The number of aryl methyl sites for hydroxylation is 1. The predicted molar refractivity (Wildman–Crippen MR) is 137 cm³/mol. The van der Waals surface area contributed by atoms with Crippen LogP contribution in [0.4, 0.5) is 11.4 Å². The zero-order valence-corrected chi connectivity index (χ0v) is 19.7. The van der Waals surface area contributed by atoms with Crippen LogP contribution >= 0.6 is 0 Å². The lowest BCUT2D eigenvalue weighted by atomic mass is 10.0. The van der Waals surface area contributed by atoms with Crippen LogP contribution in [0.1, 0.15) is 46.4 Å². The molecule has 0 radical (unpaired) electrons. The number of nitrogens with zero attached hydrogens (tertiary/aromatic N) is 3. The number of hydrogen-bond donors (Lipinski definition) is 2. The fraction of sp³-hybridized carbons (Fsp3) is 0.286. The van der Waals surface area contributed by atoms with E-state index in [0.717, 1.165) is 35.4 Å². The summed E-state index contributed by atoms with van der Waals surface area (Å²) in [5, 5.41) is 18.9. The normalized spacial score (nSPS) is 13.9. The van der Waals surface area contributed by atoms with Gasteiger partial charge in [0.1, 0.15) is 5.75 Å². The number of nitrogens with one attached hydrogen (secondary N) is 1. The van der Waals surface area contributed by atoms with Crippen molar-refractivity contribution in [3.05, 3.63) is 83.0 Å². The molecule has 1 amide bonds. The van der Waals surface area contributed by atoms with Crippen molar-refractivity contribution < 1.29 is 9.90 Å². The first-order chi connectivity index (χ1) is 16.5. The van der Waals surface area contributed by atoms with E-state index in [1.165, 1.54) is 30.5 Å². The van der Waals surface area contributed by atoms with Crippen LogP contribution in [0.3, 0.4) is 0 Å². The van der Waals surface area contributed by atoms with E-state index in [4.69, 9.17) is 0 Å². The molecule has 174 valence electrons. The largest absolute Gasteiger partial charge is 0.507 e. The molecule has 2 heterocycles. The number of carbonyl (C=O) groups is 1. The maximum atomic E-state index is 13.4. The standard InChI is InChI=1S/C28H30N4O2/c1-19-7-6-8-20(15-19)16-25-23-17-24(27(33)18-26(23)30-29-25)28(34)31(2)21-9-11-22(12-10-21)32-13-4-3-5-14-32/h6-12,15,17-18,33H,3-5,13-14,16H2,1-2H3,(H,29,30). The van der Waals surface area contributed by atoms with E-state index < -0.39 is 0 Å². The number of fused-ring (bicyclic) bond motifs is 1. The molecule has 0 bridgehead atoms. The van der Waals surface area contributed by atoms with Gasteiger partial charge in [-0.2, -0.15) is 5.10 Å². The van der Waals surface area contributed by atoms with Gasteiger partial charge in [0.25, 0.3) is 5.91 Å². The Hall–Kier alpha value is -3.80. The van der Waals surface area contributed by atoms with E-state index >= 15 is 0 Å². The Labute approximate surface area is 199 Å². The zero-order valence-electron chi connectivity index (χ0n) is 19.7. The monoisotopic (exact) mass is 454 g/mol. The number of anilines is 2. The van der Waals surface area contributed by atoms with Gasteiger partial charge in [-0.3, -0.25) is 9.89 Å². The summed E-state index contributed by atoms with van der Waals surface area (Å²) in [6.07, 6.45) is 4.39. The summed E-state index contributed by atoms with van der Waals surface area (Å²) >= 11 is 0. The quantitative estimate of drug-likeness (QED) is 0.422. The van der Waals surface area contributed by atoms with Crippen molar-refractivity contribution in [2.45, 2.75) is 32.6 Å². The molecule has 6 nitrogen and oxygen atoms in total. The summed E-state index contributed by atoms with van der Waals surface area (Å²) in [6, 6.07) is 19.7. The minimum Gasteiger partial charge on any atom is -0.507 e. The SMILES string of the molecule is Cc1cccc(Cc2n[nH]c3cc(O)c(C(=O)N(C)c4ccc(N5CCCCC5)cc4)cc23)c1. The zero-order chi connectivity index (χ0) is 23.7. The van der Waals surface area contributed by atoms with Gasteiger partial charge in [-0.05, 0) is 62.1 Å². The lowest BCUT2D eigenvalue weighted by molar-refractivity contribution is 0.0990. The van der Waals surface area contributed by atoms with Crippen molar-refractivity contribution in [2.24, 2.45) is 0 Å². The average Bonchev–Trinajstić information content (AvgIpc) is 3.24. The molecule has 1 aliphatic heterocycles.